The van der Waals surface area contributed by atoms with Gasteiger partial charge in [-0.2, -0.15) is 9.61 Å². The van der Waals surface area contributed by atoms with E-state index >= 15 is 0 Å². The molecular weight excluding hydrogens is 192 g/mol. The third kappa shape index (κ3) is 1.29. The van der Waals surface area contributed by atoms with Crippen LogP contribution in [0.2, 0.25) is 0 Å². The second-order valence-corrected chi connectivity index (χ2v) is 3.37. The molecule has 6 nitrogen and oxygen atoms in total. The molecule has 15 heavy (non-hydrogen) atoms. The standard InChI is InChI=1S/C9H16N6/c1-3-13(4-2)14-6-12-15-8(11)5-7(10)9(14)15/h5-6H,3-4,10-11H2,1-2H3. The van der Waals surface area contributed by atoms with E-state index in [1.54, 1.807) is 16.9 Å². The zero-order valence-electron chi connectivity index (χ0n) is 9.01. The summed E-state index contributed by atoms with van der Waals surface area (Å²) in [4.78, 5) is 0. The van der Waals surface area contributed by atoms with Gasteiger partial charge in [-0.15, -0.1) is 0 Å². The van der Waals surface area contributed by atoms with Crippen molar-refractivity contribution in [1.82, 2.24) is 14.3 Å². The van der Waals surface area contributed by atoms with Crippen LogP contribution in [0.25, 0.3) is 5.65 Å². The van der Waals surface area contributed by atoms with Gasteiger partial charge in [0.2, 0.25) is 0 Å². The predicted molar refractivity (Wildman–Crippen MR) is 61.3 cm³/mol. The first kappa shape index (κ1) is 9.70. The molecule has 2 aromatic rings. The van der Waals surface area contributed by atoms with E-state index in [-0.39, 0.29) is 0 Å². The summed E-state index contributed by atoms with van der Waals surface area (Å²) in [7, 11) is 0. The monoisotopic (exact) mass is 208 g/mol. The Morgan fingerprint density at radius 1 is 1.33 bits per heavy atom. The number of anilines is 2. The van der Waals surface area contributed by atoms with E-state index in [2.05, 4.69) is 24.0 Å². The van der Waals surface area contributed by atoms with Crippen molar-refractivity contribution in [1.29, 1.82) is 0 Å². The summed E-state index contributed by atoms with van der Waals surface area (Å²) in [6.45, 7) is 5.96. The number of aromatic nitrogens is 3. The molecule has 0 bridgehead atoms. The molecule has 0 aliphatic rings. The maximum Gasteiger partial charge on any atom is 0.179 e. The first-order valence-corrected chi connectivity index (χ1v) is 5.04. The second-order valence-electron chi connectivity index (χ2n) is 3.37. The highest BCUT2D eigenvalue weighted by Crippen LogP contribution is 2.20. The Morgan fingerprint density at radius 3 is 2.60 bits per heavy atom. The van der Waals surface area contributed by atoms with Gasteiger partial charge in [-0.25, -0.2) is 4.68 Å². The van der Waals surface area contributed by atoms with Gasteiger partial charge in [0.1, 0.15) is 12.1 Å². The molecular formula is C9H16N6. The molecule has 0 atom stereocenters. The molecule has 0 saturated carbocycles. The lowest BCUT2D eigenvalue weighted by Crippen LogP contribution is -2.33. The Morgan fingerprint density at radius 2 is 2.00 bits per heavy atom. The lowest BCUT2D eigenvalue weighted by atomic mass is 10.5. The van der Waals surface area contributed by atoms with Crippen LogP contribution >= 0.6 is 0 Å². The van der Waals surface area contributed by atoms with Gasteiger partial charge >= 0.3 is 0 Å². The molecule has 0 spiro atoms. The number of rotatable bonds is 3. The molecule has 0 aromatic carbocycles. The van der Waals surface area contributed by atoms with Gasteiger partial charge in [0.25, 0.3) is 0 Å². The molecule has 0 saturated heterocycles. The van der Waals surface area contributed by atoms with Crippen molar-refractivity contribution in [3.8, 4) is 0 Å². The highest BCUT2D eigenvalue weighted by atomic mass is 15.6. The van der Waals surface area contributed by atoms with Gasteiger partial charge in [0, 0.05) is 19.2 Å². The van der Waals surface area contributed by atoms with Gasteiger partial charge in [-0.3, -0.25) is 0 Å². The number of nitrogen functional groups attached to an aromatic ring is 2. The number of hydrogen-bond acceptors (Lipinski definition) is 4. The van der Waals surface area contributed by atoms with Gasteiger partial charge in [0.15, 0.2) is 5.65 Å². The second kappa shape index (κ2) is 3.38. The normalized spacial score (nSPS) is 11.1. The first-order chi connectivity index (χ1) is 7.19. The van der Waals surface area contributed by atoms with E-state index in [4.69, 9.17) is 11.5 Å². The fourth-order valence-electron chi connectivity index (χ4n) is 1.77. The lowest BCUT2D eigenvalue weighted by Gasteiger charge is -2.21. The number of hydrogen-bond donors (Lipinski definition) is 2. The van der Waals surface area contributed by atoms with Crippen LogP contribution in [0.3, 0.4) is 0 Å². The number of nitrogens with two attached hydrogens (primary N) is 2. The average molecular weight is 208 g/mol. The summed E-state index contributed by atoms with van der Waals surface area (Å²) in [6.07, 6.45) is 1.73. The predicted octanol–water partition coefficient (Wildman–Crippen LogP) is 0.278. The highest BCUT2D eigenvalue weighted by Gasteiger charge is 2.13. The first-order valence-electron chi connectivity index (χ1n) is 5.04. The quantitative estimate of drug-likeness (QED) is 0.759. The van der Waals surface area contributed by atoms with E-state index in [9.17, 15) is 0 Å². The molecule has 0 amide bonds. The minimum absolute atomic E-state index is 0.563. The van der Waals surface area contributed by atoms with Crippen LogP contribution in [-0.4, -0.2) is 27.4 Å². The summed E-state index contributed by atoms with van der Waals surface area (Å²) < 4.78 is 3.58. The Labute approximate surface area is 88.0 Å². The molecule has 0 aliphatic carbocycles. The number of fused-ring (bicyclic) bond motifs is 1. The lowest BCUT2D eigenvalue weighted by molar-refractivity contribution is 0.635. The maximum atomic E-state index is 5.88. The van der Waals surface area contributed by atoms with Gasteiger partial charge in [-0.1, -0.05) is 0 Å². The highest BCUT2D eigenvalue weighted by molar-refractivity contribution is 5.72. The Bertz CT molecular complexity index is 464. The fourth-order valence-corrected chi connectivity index (χ4v) is 1.77. The number of nitrogens with zero attached hydrogens (tertiary/aromatic N) is 4. The van der Waals surface area contributed by atoms with Crippen LogP contribution in [0.4, 0.5) is 11.5 Å². The van der Waals surface area contributed by atoms with Crippen LogP contribution in [0, 0.1) is 0 Å². The van der Waals surface area contributed by atoms with Crippen LogP contribution in [0.5, 0.6) is 0 Å². The van der Waals surface area contributed by atoms with Gasteiger partial charge in [-0.05, 0) is 13.8 Å². The SMILES string of the molecule is CCN(CC)n1cnn2c(N)cc(N)c12. The minimum Gasteiger partial charge on any atom is -0.396 e. The summed E-state index contributed by atoms with van der Waals surface area (Å²) in [5, 5.41) is 6.31. The summed E-state index contributed by atoms with van der Waals surface area (Å²) in [6, 6.07) is 1.72. The van der Waals surface area contributed by atoms with Crippen molar-refractivity contribution in [2.24, 2.45) is 0 Å². The van der Waals surface area contributed by atoms with E-state index in [0.717, 1.165) is 18.7 Å². The Balaban J connectivity index is 2.61. The Hall–Kier alpha value is -1.85. The molecule has 4 N–H and O–H groups in total. The van der Waals surface area contributed by atoms with Crippen molar-refractivity contribution in [2.75, 3.05) is 29.6 Å². The molecule has 2 aromatic heterocycles. The molecule has 82 valence electrons. The molecule has 0 radical (unpaired) electrons. The third-order valence-electron chi connectivity index (χ3n) is 2.54. The van der Waals surface area contributed by atoms with E-state index in [1.165, 1.54) is 0 Å². The fraction of sp³-hybridized carbons (Fsp3) is 0.444. The molecule has 2 rings (SSSR count). The summed E-state index contributed by atoms with van der Waals surface area (Å²) in [5.74, 6) is 0.563. The molecule has 0 unspecified atom stereocenters. The topological polar surface area (TPSA) is 77.5 Å². The third-order valence-corrected chi connectivity index (χ3v) is 2.54. The molecule has 2 heterocycles. The van der Waals surface area contributed by atoms with Crippen molar-refractivity contribution in [3.63, 3.8) is 0 Å². The van der Waals surface area contributed by atoms with Crippen molar-refractivity contribution in [2.45, 2.75) is 13.8 Å². The van der Waals surface area contributed by atoms with Crippen LogP contribution in [0.1, 0.15) is 13.8 Å². The van der Waals surface area contributed by atoms with Crippen molar-refractivity contribution >= 4 is 17.2 Å². The van der Waals surface area contributed by atoms with Crippen molar-refractivity contribution < 1.29 is 0 Å². The average Bonchev–Trinajstić information content (AvgIpc) is 2.74. The van der Waals surface area contributed by atoms with E-state index < -0.39 is 0 Å². The minimum atomic E-state index is 0.563. The summed E-state index contributed by atoms with van der Waals surface area (Å²) in [5.41, 5.74) is 13.1. The smallest absolute Gasteiger partial charge is 0.179 e. The zero-order chi connectivity index (χ0) is 11.0. The van der Waals surface area contributed by atoms with Crippen LogP contribution in [-0.2, 0) is 0 Å². The van der Waals surface area contributed by atoms with Crippen LogP contribution in [0.15, 0.2) is 12.4 Å². The van der Waals surface area contributed by atoms with Gasteiger partial charge in [0.05, 0.1) is 5.69 Å². The molecule has 0 aliphatic heterocycles. The van der Waals surface area contributed by atoms with Crippen LogP contribution < -0.4 is 16.5 Å². The zero-order valence-corrected chi connectivity index (χ0v) is 9.01. The largest absolute Gasteiger partial charge is 0.396 e. The molecule has 0 fully saturated rings. The maximum absolute atomic E-state index is 5.88. The Kier molecular flexibility index (Phi) is 2.18. The van der Waals surface area contributed by atoms with E-state index in [0.29, 0.717) is 11.5 Å². The van der Waals surface area contributed by atoms with Crippen molar-refractivity contribution in [3.05, 3.63) is 12.4 Å². The van der Waals surface area contributed by atoms with Gasteiger partial charge < -0.3 is 16.5 Å². The summed E-state index contributed by atoms with van der Waals surface area (Å²) >= 11 is 0. The van der Waals surface area contributed by atoms with E-state index in [1.807, 2.05) is 4.68 Å². The molecule has 6 heteroatoms.